The molecule has 2 heterocycles. The maximum absolute atomic E-state index is 6.03. The Morgan fingerprint density at radius 3 is 2.48 bits per heavy atom. The smallest absolute Gasteiger partial charge is 0.231 e. The van der Waals surface area contributed by atoms with Gasteiger partial charge in [-0.25, -0.2) is 0 Å². The van der Waals surface area contributed by atoms with Gasteiger partial charge in [-0.2, -0.15) is 15.0 Å². The van der Waals surface area contributed by atoms with Crippen molar-refractivity contribution in [3.05, 3.63) is 5.28 Å². The maximum Gasteiger partial charge on any atom is 0.231 e. The lowest BCUT2D eigenvalue weighted by molar-refractivity contribution is 0.254. The molecule has 21 heavy (non-hydrogen) atoms. The zero-order chi connectivity index (χ0) is 15.5. The third-order valence-corrected chi connectivity index (χ3v) is 3.62. The highest BCUT2D eigenvalue weighted by atomic mass is 35.5. The fraction of sp³-hybridized carbons (Fsp3) is 0.786. The molecule has 0 aliphatic carbocycles. The predicted octanol–water partition coefficient (Wildman–Crippen LogP) is 2.12. The summed E-state index contributed by atoms with van der Waals surface area (Å²) in [6.45, 7) is 8.18. The second kappa shape index (κ2) is 6.75. The summed E-state index contributed by atoms with van der Waals surface area (Å²) in [6.07, 6.45) is 2.36. The van der Waals surface area contributed by atoms with E-state index in [1.165, 1.54) is 12.8 Å². The van der Waals surface area contributed by atoms with Crippen molar-refractivity contribution >= 4 is 23.5 Å². The number of nitrogens with one attached hydrogen (secondary N) is 1. The van der Waals surface area contributed by atoms with Crippen molar-refractivity contribution in [2.24, 2.45) is 5.41 Å². The number of halogens is 1. The number of rotatable bonds is 6. The predicted molar refractivity (Wildman–Crippen MR) is 87.1 cm³/mol. The molecule has 0 aromatic carbocycles. The zero-order valence-corrected chi connectivity index (χ0v) is 14.1. The number of hydrogen-bond acceptors (Lipinski definition) is 6. The molecule has 7 heteroatoms. The molecule has 0 bridgehead atoms. The lowest BCUT2D eigenvalue weighted by atomic mass is 9.93. The van der Waals surface area contributed by atoms with Crippen molar-refractivity contribution < 1.29 is 0 Å². The fourth-order valence-corrected chi connectivity index (χ4v) is 2.86. The second-order valence-corrected chi connectivity index (χ2v) is 7.02. The van der Waals surface area contributed by atoms with Gasteiger partial charge in [-0.3, -0.25) is 0 Å². The molecule has 1 aliphatic rings. The standard InChI is InChI=1S/C14H25ClN6/c1-14(2,10-20(3)4)9-16-12-17-11(15)18-13(19-12)21-7-5-6-8-21/h5-10H2,1-4H3,(H,16,17,18,19). The van der Waals surface area contributed by atoms with Gasteiger partial charge in [-0.1, -0.05) is 13.8 Å². The Bertz CT molecular complexity index is 471. The number of anilines is 2. The SMILES string of the molecule is CN(C)CC(C)(C)CNc1nc(Cl)nc(N2CCCC2)n1. The Balaban J connectivity index is 2.02. The normalized spacial score (nSPS) is 15.8. The zero-order valence-electron chi connectivity index (χ0n) is 13.4. The summed E-state index contributed by atoms with van der Waals surface area (Å²) in [5.74, 6) is 1.24. The van der Waals surface area contributed by atoms with Gasteiger partial charge >= 0.3 is 0 Å². The number of hydrogen-bond donors (Lipinski definition) is 1. The van der Waals surface area contributed by atoms with Gasteiger partial charge in [0.05, 0.1) is 0 Å². The maximum atomic E-state index is 6.03. The minimum atomic E-state index is 0.121. The van der Waals surface area contributed by atoms with Crippen molar-refractivity contribution in [2.75, 3.05) is 50.5 Å². The van der Waals surface area contributed by atoms with E-state index in [1.807, 2.05) is 0 Å². The first-order valence-corrected chi connectivity index (χ1v) is 7.79. The fourth-order valence-electron chi connectivity index (χ4n) is 2.71. The minimum absolute atomic E-state index is 0.121. The summed E-state index contributed by atoms with van der Waals surface area (Å²) in [5, 5.41) is 3.54. The molecule has 0 amide bonds. The summed E-state index contributed by atoms with van der Waals surface area (Å²) in [4.78, 5) is 17.2. The van der Waals surface area contributed by atoms with Crippen molar-refractivity contribution in [3.8, 4) is 0 Å². The molecule has 1 N–H and O–H groups in total. The van der Waals surface area contributed by atoms with E-state index in [0.717, 1.165) is 26.2 Å². The molecular weight excluding hydrogens is 288 g/mol. The van der Waals surface area contributed by atoms with E-state index in [0.29, 0.717) is 11.9 Å². The lowest BCUT2D eigenvalue weighted by Crippen LogP contribution is -2.34. The van der Waals surface area contributed by atoms with Crippen LogP contribution in [-0.2, 0) is 0 Å². The van der Waals surface area contributed by atoms with Gasteiger partial charge in [0, 0.05) is 26.2 Å². The van der Waals surface area contributed by atoms with Gasteiger partial charge in [-0.05, 0) is 44.0 Å². The van der Waals surface area contributed by atoms with Crippen LogP contribution in [0.25, 0.3) is 0 Å². The molecule has 1 saturated heterocycles. The van der Waals surface area contributed by atoms with Crippen LogP contribution in [0.15, 0.2) is 0 Å². The molecule has 6 nitrogen and oxygen atoms in total. The van der Waals surface area contributed by atoms with Gasteiger partial charge in [0.1, 0.15) is 0 Å². The van der Waals surface area contributed by atoms with E-state index < -0.39 is 0 Å². The van der Waals surface area contributed by atoms with E-state index in [2.05, 4.69) is 58.0 Å². The Morgan fingerprint density at radius 2 is 1.86 bits per heavy atom. The van der Waals surface area contributed by atoms with Crippen LogP contribution in [0.5, 0.6) is 0 Å². The third kappa shape index (κ3) is 4.97. The first-order chi connectivity index (χ1) is 9.85. The summed E-state index contributed by atoms with van der Waals surface area (Å²) >= 11 is 6.03. The molecule has 118 valence electrons. The second-order valence-electron chi connectivity index (χ2n) is 6.68. The van der Waals surface area contributed by atoms with Gasteiger partial charge in [0.2, 0.25) is 17.2 Å². The van der Waals surface area contributed by atoms with Crippen molar-refractivity contribution in [3.63, 3.8) is 0 Å². The molecule has 0 unspecified atom stereocenters. The largest absolute Gasteiger partial charge is 0.353 e. The molecule has 2 rings (SSSR count). The molecule has 1 aromatic rings. The molecule has 1 fully saturated rings. The van der Waals surface area contributed by atoms with Crippen molar-refractivity contribution in [2.45, 2.75) is 26.7 Å². The van der Waals surface area contributed by atoms with Crippen LogP contribution in [0.1, 0.15) is 26.7 Å². The van der Waals surface area contributed by atoms with Crippen LogP contribution in [0.2, 0.25) is 5.28 Å². The molecule has 0 radical (unpaired) electrons. The quantitative estimate of drug-likeness (QED) is 0.868. The Kier molecular flexibility index (Phi) is 5.22. The minimum Gasteiger partial charge on any atom is -0.353 e. The van der Waals surface area contributed by atoms with E-state index >= 15 is 0 Å². The Hall–Kier alpha value is -1.14. The van der Waals surface area contributed by atoms with E-state index in [4.69, 9.17) is 11.6 Å². The van der Waals surface area contributed by atoms with Crippen LogP contribution < -0.4 is 10.2 Å². The van der Waals surface area contributed by atoms with E-state index in [9.17, 15) is 0 Å². The Morgan fingerprint density at radius 1 is 1.19 bits per heavy atom. The van der Waals surface area contributed by atoms with E-state index in [-0.39, 0.29) is 10.7 Å². The average molecular weight is 313 g/mol. The summed E-state index contributed by atoms with van der Waals surface area (Å²) in [5.41, 5.74) is 0.121. The monoisotopic (exact) mass is 312 g/mol. The number of nitrogens with zero attached hydrogens (tertiary/aromatic N) is 5. The highest BCUT2D eigenvalue weighted by Gasteiger charge is 2.21. The lowest BCUT2D eigenvalue weighted by Gasteiger charge is -2.28. The van der Waals surface area contributed by atoms with Gasteiger partial charge in [0.15, 0.2) is 0 Å². The molecule has 0 atom stereocenters. The highest BCUT2D eigenvalue weighted by molar-refractivity contribution is 6.28. The Labute approximate surface area is 131 Å². The van der Waals surface area contributed by atoms with Crippen molar-refractivity contribution in [1.29, 1.82) is 0 Å². The molecule has 1 aromatic heterocycles. The molecular formula is C14H25ClN6. The first-order valence-electron chi connectivity index (χ1n) is 7.41. The van der Waals surface area contributed by atoms with Crippen LogP contribution >= 0.6 is 11.6 Å². The van der Waals surface area contributed by atoms with Crippen LogP contribution in [-0.4, -0.2) is 60.1 Å². The number of aromatic nitrogens is 3. The summed E-state index contributed by atoms with van der Waals surface area (Å²) in [7, 11) is 4.15. The summed E-state index contributed by atoms with van der Waals surface area (Å²) in [6, 6.07) is 0. The van der Waals surface area contributed by atoms with Gasteiger partial charge < -0.3 is 15.1 Å². The van der Waals surface area contributed by atoms with Crippen molar-refractivity contribution in [1.82, 2.24) is 19.9 Å². The van der Waals surface area contributed by atoms with Crippen LogP contribution in [0.3, 0.4) is 0 Å². The first kappa shape index (κ1) is 16.2. The molecule has 1 aliphatic heterocycles. The third-order valence-electron chi connectivity index (χ3n) is 3.45. The van der Waals surface area contributed by atoms with Gasteiger partial charge in [-0.15, -0.1) is 0 Å². The topological polar surface area (TPSA) is 57.2 Å². The van der Waals surface area contributed by atoms with Gasteiger partial charge in [0.25, 0.3) is 0 Å². The van der Waals surface area contributed by atoms with Crippen LogP contribution in [0, 0.1) is 5.41 Å². The van der Waals surface area contributed by atoms with Crippen LogP contribution in [0.4, 0.5) is 11.9 Å². The summed E-state index contributed by atoms with van der Waals surface area (Å²) < 4.78 is 0. The average Bonchev–Trinajstić information content (AvgIpc) is 2.88. The molecule has 0 spiro atoms. The molecule has 0 saturated carbocycles. The highest BCUT2D eigenvalue weighted by Crippen LogP contribution is 2.20. The van der Waals surface area contributed by atoms with E-state index in [1.54, 1.807) is 0 Å².